The lowest BCUT2D eigenvalue weighted by atomic mass is 10.00. The molecule has 0 saturated carbocycles. The Hall–Kier alpha value is -3.49. The molecule has 0 N–H and O–H groups in total. The largest absolute Gasteiger partial charge is 0.220 e. The summed E-state index contributed by atoms with van der Waals surface area (Å²) in [4.78, 5) is 0. The summed E-state index contributed by atoms with van der Waals surface area (Å²) >= 11 is 0. The third-order valence-corrected chi connectivity index (χ3v) is 13.3. The first-order chi connectivity index (χ1) is 16.8. The van der Waals surface area contributed by atoms with Crippen LogP contribution in [0.2, 0.25) is 5.04 Å². The average molecular weight is 473 g/mol. The predicted molar refractivity (Wildman–Crippen MR) is 153 cm³/mol. The molecule has 0 aliphatic carbocycles. The average Bonchev–Trinajstić information content (AvgIpc) is 2.86. The summed E-state index contributed by atoms with van der Waals surface area (Å²) in [5, 5.41) is 7.04. The number of hydrogen-bond donors (Lipinski definition) is 0. The first-order valence-electron chi connectivity index (χ1n) is 12.4. The second kappa shape index (κ2) is 8.94. The number of hydrogen-bond acceptors (Lipinski definition) is 0. The van der Waals surface area contributed by atoms with Crippen LogP contribution >= 0.6 is 0 Å². The van der Waals surface area contributed by atoms with E-state index in [1.807, 2.05) is 0 Å². The summed E-state index contributed by atoms with van der Waals surface area (Å²) < 4.78 is 2.26. The Morgan fingerprint density at radius 1 is 0.629 bits per heavy atom. The fourth-order valence-electron chi connectivity index (χ4n) is 5.96. The quantitative estimate of drug-likeness (QED) is 0.174. The summed E-state index contributed by atoms with van der Waals surface area (Å²) in [5.41, 5.74) is 3.86. The number of pyridine rings is 1. The minimum atomic E-state index is -2.37. The standard InChI is InChI=1S/C33H34NSi/c1-25-14-12-13-19-30(25)32-31-21-20-29(24-26(31)22-23-34(32)5)35(33(2,3)4,27-15-8-6-9-16-27)28-17-10-7-11-18-28/h6-24H,1-5H3/q+1. The Balaban J connectivity index is 1.84. The van der Waals surface area contributed by atoms with Crippen LogP contribution in [0.3, 0.4) is 0 Å². The number of benzene rings is 4. The van der Waals surface area contributed by atoms with E-state index in [1.54, 1.807) is 0 Å². The summed E-state index contributed by atoms with van der Waals surface area (Å²) in [6.45, 7) is 9.47. The van der Waals surface area contributed by atoms with Crippen LogP contribution < -0.4 is 20.1 Å². The van der Waals surface area contributed by atoms with Crippen LogP contribution in [0.5, 0.6) is 0 Å². The summed E-state index contributed by atoms with van der Waals surface area (Å²) in [5.74, 6) is 0. The molecular weight excluding hydrogens is 438 g/mol. The van der Waals surface area contributed by atoms with E-state index in [-0.39, 0.29) is 5.04 Å². The molecule has 0 atom stereocenters. The van der Waals surface area contributed by atoms with Gasteiger partial charge in [-0.1, -0.05) is 112 Å². The molecule has 174 valence electrons. The van der Waals surface area contributed by atoms with Crippen molar-refractivity contribution in [2.45, 2.75) is 32.7 Å². The fraction of sp³-hybridized carbons (Fsp3) is 0.182. The molecule has 5 rings (SSSR count). The van der Waals surface area contributed by atoms with Gasteiger partial charge in [-0.25, -0.2) is 4.57 Å². The van der Waals surface area contributed by atoms with Crippen molar-refractivity contribution in [2.24, 2.45) is 7.05 Å². The molecule has 0 spiro atoms. The SMILES string of the molecule is Cc1ccccc1-c1c2ccc([Si](c3ccccc3)(c3ccccc3)C(C)(C)C)cc2cc[n+]1C. The molecule has 0 fully saturated rings. The fourth-order valence-corrected chi connectivity index (χ4v) is 11.6. The van der Waals surface area contributed by atoms with E-state index in [0.29, 0.717) is 0 Å². The van der Waals surface area contributed by atoms with Crippen molar-refractivity contribution in [1.82, 2.24) is 0 Å². The van der Waals surface area contributed by atoms with Crippen LogP contribution in [0.1, 0.15) is 26.3 Å². The van der Waals surface area contributed by atoms with Gasteiger partial charge in [-0.05, 0) is 50.6 Å². The molecular formula is C33H34NSi+. The molecule has 5 aromatic rings. The van der Waals surface area contributed by atoms with Gasteiger partial charge in [0, 0.05) is 11.6 Å². The maximum absolute atomic E-state index is 2.48. The molecule has 0 radical (unpaired) electrons. The van der Waals surface area contributed by atoms with Gasteiger partial charge in [0.15, 0.2) is 14.3 Å². The highest BCUT2D eigenvalue weighted by Crippen LogP contribution is 2.37. The van der Waals surface area contributed by atoms with Crippen molar-refractivity contribution in [3.8, 4) is 11.3 Å². The Morgan fingerprint density at radius 2 is 1.20 bits per heavy atom. The van der Waals surface area contributed by atoms with E-state index >= 15 is 0 Å². The van der Waals surface area contributed by atoms with E-state index in [4.69, 9.17) is 0 Å². The van der Waals surface area contributed by atoms with E-state index in [2.05, 4.69) is 155 Å². The number of fused-ring (bicyclic) bond motifs is 1. The van der Waals surface area contributed by atoms with Gasteiger partial charge in [-0.15, -0.1) is 0 Å². The molecule has 1 aromatic heterocycles. The predicted octanol–water partition coefficient (Wildman–Crippen LogP) is 5.91. The van der Waals surface area contributed by atoms with Gasteiger partial charge in [0.05, 0.1) is 5.39 Å². The minimum Gasteiger partial charge on any atom is -0.200 e. The highest BCUT2D eigenvalue weighted by molar-refractivity contribution is 7.13. The zero-order chi connectivity index (χ0) is 24.6. The zero-order valence-electron chi connectivity index (χ0n) is 21.4. The van der Waals surface area contributed by atoms with Crippen LogP contribution in [0, 0.1) is 6.92 Å². The maximum atomic E-state index is 2.48. The van der Waals surface area contributed by atoms with Gasteiger partial charge in [-0.2, -0.15) is 0 Å². The molecule has 1 heterocycles. The first-order valence-corrected chi connectivity index (χ1v) is 14.4. The van der Waals surface area contributed by atoms with Crippen molar-refractivity contribution in [2.75, 3.05) is 0 Å². The third kappa shape index (κ3) is 3.82. The van der Waals surface area contributed by atoms with Gasteiger partial charge < -0.3 is 0 Å². The van der Waals surface area contributed by atoms with Crippen LogP contribution in [0.15, 0.2) is 115 Å². The second-order valence-electron chi connectivity index (χ2n) is 10.6. The van der Waals surface area contributed by atoms with Gasteiger partial charge in [-0.3, -0.25) is 0 Å². The molecule has 35 heavy (non-hydrogen) atoms. The van der Waals surface area contributed by atoms with Crippen LogP contribution in [-0.4, -0.2) is 8.07 Å². The molecule has 0 bridgehead atoms. The normalized spacial score (nSPS) is 12.1. The number of rotatable bonds is 4. The van der Waals surface area contributed by atoms with Gasteiger partial charge in [0.1, 0.15) is 7.05 Å². The highest BCUT2D eigenvalue weighted by Gasteiger charge is 2.49. The highest BCUT2D eigenvalue weighted by atomic mass is 28.3. The lowest BCUT2D eigenvalue weighted by Gasteiger charge is -2.44. The smallest absolute Gasteiger partial charge is 0.200 e. The zero-order valence-corrected chi connectivity index (χ0v) is 22.4. The van der Waals surface area contributed by atoms with Crippen LogP contribution in [-0.2, 0) is 7.05 Å². The van der Waals surface area contributed by atoms with E-state index < -0.39 is 8.07 Å². The second-order valence-corrected chi connectivity index (χ2v) is 15.4. The van der Waals surface area contributed by atoms with E-state index in [1.165, 1.54) is 43.2 Å². The molecule has 1 nitrogen and oxygen atoms in total. The third-order valence-electron chi connectivity index (χ3n) is 7.51. The topological polar surface area (TPSA) is 3.88 Å². The number of aromatic nitrogens is 1. The van der Waals surface area contributed by atoms with E-state index in [0.717, 1.165) is 0 Å². The number of nitrogens with zero attached hydrogens (tertiary/aromatic N) is 1. The van der Waals surface area contributed by atoms with E-state index in [9.17, 15) is 0 Å². The molecule has 0 unspecified atom stereocenters. The Labute approximate surface area is 210 Å². The van der Waals surface area contributed by atoms with Crippen molar-refractivity contribution in [1.29, 1.82) is 0 Å². The van der Waals surface area contributed by atoms with Crippen molar-refractivity contribution >= 4 is 34.4 Å². The molecule has 2 heteroatoms. The molecule has 0 amide bonds. The summed E-state index contributed by atoms with van der Waals surface area (Å²) in [6.07, 6.45) is 2.21. The van der Waals surface area contributed by atoms with Gasteiger partial charge in [0.2, 0.25) is 5.69 Å². The minimum absolute atomic E-state index is 0.0711. The molecule has 0 saturated heterocycles. The summed E-state index contributed by atoms with van der Waals surface area (Å²) in [6, 6.07) is 40.7. The van der Waals surface area contributed by atoms with Gasteiger partial charge >= 0.3 is 0 Å². The molecule has 0 aliphatic heterocycles. The Kier molecular flexibility index (Phi) is 5.94. The van der Waals surface area contributed by atoms with Crippen molar-refractivity contribution in [3.63, 3.8) is 0 Å². The Bertz CT molecular complexity index is 1440. The number of aryl methyl sites for hydroxylation is 2. The lowest BCUT2D eigenvalue weighted by molar-refractivity contribution is -0.659. The first kappa shape index (κ1) is 23.3. The van der Waals surface area contributed by atoms with Crippen LogP contribution in [0.4, 0.5) is 0 Å². The van der Waals surface area contributed by atoms with Crippen molar-refractivity contribution < 1.29 is 4.57 Å². The van der Waals surface area contributed by atoms with Crippen molar-refractivity contribution in [3.05, 3.63) is 121 Å². The van der Waals surface area contributed by atoms with Gasteiger partial charge in [0.25, 0.3) is 0 Å². The molecule has 4 aromatic carbocycles. The Morgan fingerprint density at radius 3 is 1.77 bits per heavy atom. The lowest BCUT2D eigenvalue weighted by Crippen LogP contribution is -2.72. The maximum Gasteiger partial charge on any atom is 0.220 e. The molecule has 0 aliphatic rings. The monoisotopic (exact) mass is 472 g/mol. The summed E-state index contributed by atoms with van der Waals surface area (Å²) in [7, 11) is -0.221. The van der Waals surface area contributed by atoms with Crippen LogP contribution in [0.25, 0.3) is 22.0 Å².